The highest BCUT2D eigenvalue weighted by Crippen LogP contribution is 2.24. The minimum Gasteiger partial charge on any atom is -0.409 e. The molecule has 4 nitrogen and oxygen atoms in total. The smallest absolute Gasteiger partial charge is 0.172 e. The van der Waals surface area contributed by atoms with Crippen molar-refractivity contribution in [3.63, 3.8) is 0 Å². The van der Waals surface area contributed by atoms with Crippen molar-refractivity contribution in [1.82, 2.24) is 0 Å². The Morgan fingerprint density at radius 3 is 2.61 bits per heavy atom. The van der Waals surface area contributed by atoms with Crippen LogP contribution in [0.4, 0.5) is 5.69 Å². The van der Waals surface area contributed by atoms with Crippen LogP contribution in [0.5, 0.6) is 0 Å². The maximum Gasteiger partial charge on any atom is 0.172 e. The molecule has 100 valence electrons. The predicted octanol–water partition coefficient (Wildman–Crippen LogP) is 2.71. The van der Waals surface area contributed by atoms with Crippen LogP contribution in [0.1, 0.15) is 38.3 Å². The zero-order valence-electron chi connectivity index (χ0n) is 11.6. The van der Waals surface area contributed by atoms with Gasteiger partial charge in [-0.05, 0) is 39.3 Å². The van der Waals surface area contributed by atoms with Gasteiger partial charge in [0.1, 0.15) is 0 Å². The lowest BCUT2D eigenvalue weighted by molar-refractivity contribution is 0.318. The van der Waals surface area contributed by atoms with Crippen LogP contribution in [0.25, 0.3) is 0 Å². The second kappa shape index (κ2) is 6.28. The van der Waals surface area contributed by atoms with E-state index < -0.39 is 0 Å². The number of amidine groups is 1. The molecule has 0 saturated heterocycles. The number of rotatable bonds is 5. The summed E-state index contributed by atoms with van der Waals surface area (Å²) in [6.07, 6.45) is 1.06. The lowest BCUT2D eigenvalue weighted by Gasteiger charge is -2.30. The Kier molecular flexibility index (Phi) is 5.01. The summed E-state index contributed by atoms with van der Waals surface area (Å²) in [5.74, 6) is 0.162. The van der Waals surface area contributed by atoms with E-state index in [1.165, 1.54) is 0 Å². The van der Waals surface area contributed by atoms with Crippen molar-refractivity contribution in [2.24, 2.45) is 10.9 Å². The Balaban J connectivity index is 3.28. The molecule has 0 bridgehead atoms. The average Bonchev–Trinajstić information content (AvgIpc) is 2.35. The molecule has 0 aliphatic rings. The van der Waals surface area contributed by atoms with Gasteiger partial charge < -0.3 is 15.8 Å². The number of anilines is 1. The van der Waals surface area contributed by atoms with Crippen molar-refractivity contribution in [2.75, 3.05) is 11.4 Å². The number of aryl methyl sites for hydroxylation is 1. The van der Waals surface area contributed by atoms with Crippen LogP contribution in [0.2, 0.25) is 0 Å². The quantitative estimate of drug-likeness (QED) is 0.365. The van der Waals surface area contributed by atoms with Crippen molar-refractivity contribution in [2.45, 2.75) is 40.2 Å². The van der Waals surface area contributed by atoms with Gasteiger partial charge in [-0.2, -0.15) is 0 Å². The molecule has 0 aliphatic heterocycles. The molecular weight excluding hydrogens is 226 g/mol. The molecule has 1 aromatic rings. The molecule has 0 fully saturated rings. The zero-order valence-corrected chi connectivity index (χ0v) is 11.6. The standard InChI is InChI=1S/C14H23N3O/c1-5-8-17(10(2)3)13-7-6-11(4)9-12(13)14(15)16-18/h6-7,9-10,18H,5,8H2,1-4H3,(H2,15,16). The summed E-state index contributed by atoms with van der Waals surface area (Å²) in [4.78, 5) is 2.27. The second-order valence-electron chi connectivity index (χ2n) is 4.79. The zero-order chi connectivity index (χ0) is 13.7. The van der Waals surface area contributed by atoms with Crippen LogP contribution < -0.4 is 10.6 Å². The topological polar surface area (TPSA) is 61.8 Å². The van der Waals surface area contributed by atoms with Gasteiger partial charge in [0, 0.05) is 23.8 Å². The summed E-state index contributed by atoms with van der Waals surface area (Å²) in [6.45, 7) is 9.38. The third-order valence-corrected chi connectivity index (χ3v) is 2.93. The van der Waals surface area contributed by atoms with E-state index in [4.69, 9.17) is 10.9 Å². The second-order valence-corrected chi connectivity index (χ2v) is 4.79. The normalized spacial score (nSPS) is 11.9. The highest BCUT2D eigenvalue weighted by molar-refractivity contribution is 6.02. The van der Waals surface area contributed by atoms with Crippen LogP contribution >= 0.6 is 0 Å². The van der Waals surface area contributed by atoms with Gasteiger partial charge in [0.25, 0.3) is 0 Å². The summed E-state index contributed by atoms with van der Waals surface area (Å²) < 4.78 is 0. The van der Waals surface area contributed by atoms with Crippen LogP contribution in [-0.2, 0) is 0 Å². The fourth-order valence-corrected chi connectivity index (χ4v) is 2.06. The minimum atomic E-state index is 0.162. The SMILES string of the molecule is CCCN(c1ccc(C)cc1/C(N)=N/O)C(C)C. The molecule has 0 heterocycles. The molecule has 0 amide bonds. The molecule has 1 rings (SSSR count). The van der Waals surface area contributed by atoms with Crippen LogP contribution in [-0.4, -0.2) is 23.6 Å². The Hall–Kier alpha value is -1.71. The van der Waals surface area contributed by atoms with Gasteiger partial charge in [-0.15, -0.1) is 0 Å². The first-order valence-electron chi connectivity index (χ1n) is 6.36. The maximum absolute atomic E-state index is 8.90. The molecule has 0 radical (unpaired) electrons. The van der Waals surface area contributed by atoms with Gasteiger partial charge in [-0.25, -0.2) is 0 Å². The first kappa shape index (κ1) is 14.4. The summed E-state index contributed by atoms with van der Waals surface area (Å²) in [7, 11) is 0. The predicted molar refractivity (Wildman–Crippen MR) is 76.5 cm³/mol. The fourth-order valence-electron chi connectivity index (χ4n) is 2.06. The molecule has 18 heavy (non-hydrogen) atoms. The van der Waals surface area contributed by atoms with Gasteiger partial charge >= 0.3 is 0 Å². The van der Waals surface area contributed by atoms with Crippen molar-refractivity contribution in [3.05, 3.63) is 29.3 Å². The third-order valence-electron chi connectivity index (χ3n) is 2.93. The third kappa shape index (κ3) is 3.15. The van der Waals surface area contributed by atoms with E-state index in [2.05, 4.69) is 36.9 Å². The first-order chi connectivity index (χ1) is 8.51. The molecule has 4 heteroatoms. The van der Waals surface area contributed by atoms with E-state index >= 15 is 0 Å². The van der Waals surface area contributed by atoms with Crippen molar-refractivity contribution in [3.8, 4) is 0 Å². The molecular formula is C14H23N3O. The van der Waals surface area contributed by atoms with E-state index in [1.54, 1.807) is 0 Å². The van der Waals surface area contributed by atoms with Gasteiger partial charge in [-0.3, -0.25) is 0 Å². The average molecular weight is 249 g/mol. The van der Waals surface area contributed by atoms with E-state index in [1.807, 2.05) is 19.1 Å². The number of benzene rings is 1. The number of nitrogens with zero attached hydrogens (tertiary/aromatic N) is 2. The highest BCUT2D eigenvalue weighted by Gasteiger charge is 2.16. The van der Waals surface area contributed by atoms with Crippen molar-refractivity contribution < 1.29 is 5.21 Å². The Morgan fingerprint density at radius 2 is 2.11 bits per heavy atom. The number of hydrogen-bond acceptors (Lipinski definition) is 3. The lowest BCUT2D eigenvalue weighted by Crippen LogP contribution is -2.33. The maximum atomic E-state index is 8.90. The number of hydrogen-bond donors (Lipinski definition) is 2. The molecule has 0 atom stereocenters. The van der Waals surface area contributed by atoms with Gasteiger partial charge in [0.15, 0.2) is 5.84 Å². The number of nitrogens with two attached hydrogens (primary N) is 1. The van der Waals surface area contributed by atoms with E-state index in [0.717, 1.165) is 29.8 Å². The molecule has 0 aromatic heterocycles. The summed E-state index contributed by atoms with van der Waals surface area (Å²) in [5, 5.41) is 12.0. The monoisotopic (exact) mass is 249 g/mol. The molecule has 0 spiro atoms. The van der Waals surface area contributed by atoms with Gasteiger partial charge in [-0.1, -0.05) is 23.7 Å². The van der Waals surface area contributed by atoms with Gasteiger partial charge in [0.2, 0.25) is 0 Å². The Morgan fingerprint density at radius 1 is 1.44 bits per heavy atom. The Bertz CT molecular complexity index is 427. The minimum absolute atomic E-state index is 0.162. The van der Waals surface area contributed by atoms with Crippen LogP contribution in [0.3, 0.4) is 0 Å². The van der Waals surface area contributed by atoms with Crippen molar-refractivity contribution >= 4 is 11.5 Å². The van der Waals surface area contributed by atoms with Crippen LogP contribution in [0.15, 0.2) is 23.4 Å². The molecule has 0 unspecified atom stereocenters. The largest absolute Gasteiger partial charge is 0.409 e. The first-order valence-corrected chi connectivity index (χ1v) is 6.36. The molecule has 0 saturated carbocycles. The number of oxime groups is 1. The summed E-state index contributed by atoms with van der Waals surface area (Å²) in [6, 6.07) is 6.42. The lowest BCUT2D eigenvalue weighted by atomic mass is 10.1. The molecule has 3 N–H and O–H groups in total. The van der Waals surface area contributed by atoms with Gasteiger partial charge in [0.05, 0.1) is 0 Å². The fraction of sp³-hybridized carbons (Fsp3) is 0.500. The van der Waals surface area contributed by atoms with E-state index in [9.17, 15) is 0 Å². The van der Waals surface area contributed by atoms with Crippen molar-refractivity contribution in [1.29, 1.82) is 0 Å². The molecule has 0 aliphatic carbocycles. The summed E-state index contributed by atoms with van der Waals surface area (Å²) >= 11 is 0. The molecule has 1 aromatic carbocycles. The van der Waals surface area contributed by atoms with E-state index in [-0.39, 0.29) is 5.84 Å². The van der Waals surface area contributed by atoms with Crippen LogP contribution in [0, 0.1) is 6.92 Å². The van der Waals surface area contributed by atoms with E-state index in [0.29, 0.717) is 6.04 Å². The summed E-state index contributed by atoms with van der Waals surface area (Å²) in [5.41, 5.74) is 8.68. The Labute approximate surface area is 109 Å². The highest BCUT2D eigenvalue weighted by atomic mass is 16.4.